The normalized spacial score (nSPS) is 12.4. The van der Waals surface area contributed by atoms with Crippen molar-refractivity contribution >= 4 is 16.8 Å². The first-order valence-electron chi connectivity index (χ1n) is 8.65. The van der Waals surface area contributed by atoms with Crippen molar-refractivity contribution in [3.05, 3.63) is 56.9 Å². The first kappa shape index (κ1) is 18.8. The summed E-state index contributed by atoms with van der Waals surface area (Å²) >= 11 is 0. The van der Waals surface area contributed by atoms with Crippen molar-refractivity contribution in [2.45, 2.75) is 40.3 Å². The van der Waals surface area contributed by atoms with Crippen molar-refractivity contribution in [1.29, 1.82) is 0 Å². The maximum atomic E-state index is 14.1. The van der Waals surface area contributed by atoms with E-state index >= 15 is 0 Å². The Balaban J connectivity index is 1.85. The molecule has 1 atom stereocenters. The minimum absolute atomic E-state index is 0.248. The van der Waals surface area contributed by atoms with Gasteiger partial charge in [-0.2, -0.15) is 10.2 Å². The van der Waals surface area contributed by atoms with Gasteiger partial charge in [-0.15, -0.1) is 0 Å². The molecule has 2 aromatic heterocycles. The number of rotatable bonds is 4. The summed E-state index contributed by atoms with van der Waals surface area (Å²) in [7, 11) is 1.75. The summed E-state index contributed by atoms with van der Waals surface area (Å²) in [5.74, 6) is -0.793. The van der Waals surface area contributed by atoms with E-state index in [9.17, 15) is 14.0 Å². The number of carbonyl (C=O) groups is 1. The number of carbonyl (C=O) groups excluding carboxylic acids is 1. The highest BCUT2D eigenvalue weighted by atomic mass is 19.1. The lowest BCUT2D eigenvalue weighted by molar-refractivity contribution is -0.122. The number of nitrogens with one attached hydrogen (secondary N) is 1. The largest absolute Gasteiger partial charge is 0.348 e. The quantitative estimate of drug-likeness (QED) is 0.761. The number of hydrogen-bond acceptors (Lipinski definition) is 4. The first-order valence-corrected chi connectivity index (χ1v) is 8.65. The average molecular weight is 371 g/mol. The Morgan fingerprint density at radius 2 is 1.93 bits per heavy atom. The number of fused-ring (bicyclic) bond motifs is 1. The van der Waals surface area contributed by atoms with E-state index < -0.39 is 11.9 Å². The number of halogens is 1. The van der Waals surface area contributed by atoms with Crippen LogP contribution in [-0.4, -0.2) is 25.5 Å². The Labute approximate surface area is 155 Å². The standard InChI is InChI=1S/C19H22FN5O2/c1-10-6-7-14(15(20)8-10)11(2)21-16(26)9-25-19(27)17-12(3)22-24(5)18(17)13(4)23-25/h6-8,11H,9H2,1-5H3,(H,21,26). The SMILES string of the molecule is Cc1ccc(C(C)NC(=O)Cn2nc(C)c3c(c(C)nn3C)c2=O)c(F)c1. The summed E-state index contributed by atoms with van der Waals surface area (Å²) in [4.78, 5) is 25.1. The summed E-state index contributed by atoms with van der Waals surface area (Å²) in [6, 6.07) is 4.33. The van der Waals surface area contributed by atoms with Gasteiger partial charge in [0.2, 0.25) is 5.91 Å². The zero-order chi connectivity index (χ0) is 19.9. The van der Waals surface area contributed by atoms with Crippen molar-refractivity contribution in [2.24, 2.45) is 7.05 Å². The van der Waals surface area contributed by atoms with Crippen molar-refractivity contribution in [1.82, 2.24) is 24.9 Å². The Hall–Kier alpha value is -3.03. The molecule has 2 heterocycles. The van der Waals surface area contributed by atoms with Crippen LogP contribution in [0, 0.1) is 26.6 Å². The molecule has 1 N–H and O–H groups in total. The molecule has 1 unspecified atom stereocenters. The molecule has 0 saturated carbocycles. The third-order valence-electron chi connectivity index (χ3n) is 4.58. The fourth-order valence-corrected chi connectivity index (χ4v) is 3.32. The molecule has 27 heavy (non-hydrogen) atoms. The van der Waals surface area contributed by atoms with Gasteiger partial charge in [0.15, 0.2) is 0 Å². The number of hydrogen-bond donors (Lipinski definition) is 1. The summed E-state index contributed by atoms with van der Waals surface area (Å²) < 4.78 is 16.8. The van der Waals surface area contributed by atoms with E-state index in [0.29, 0.717) is 27.9 Å². The summed E-state index contributed by atoms with van der Waals surface area (Å²) in [6.07, 6.45) is 0. The number of amides is 1. The fourth-order valence-electron chi connectivity index (χ4n) is 3.32. The molecule has 142 valence electrons. The van der Waals surface area contributed by atoms with Crippen molar-refractivity contribution in [3.63, 3.8) is 0 Å². The minimum atomic E-state index is -0.529. The molecule has 0 saturated heterocycles. The number of nitrogens with zero attached hydrogens (tertiary/aromatic N) is 4. The predicted octanol–water partition coefficient (Wildman–Crippen LogP) is 2.07. The molecule has 0 bridgehead atoms. The van der Waals surface area contributed by atoms with Crippen LogP contribution >= 0.6 is 0 Å². The number of aromatic nitrogens is 4. The van der Waals surface area contributed by atoms with Crippen LogP contribution in [0.25, 0.3) is 10.9 Å². The monoisotopic (exact) mass is 371 g/mol. The molecule has 0 spiro atoms. The molecule has 0 aliphatic rings. The van der Waals surface area contributed by atoms with Crippen LogP contribution in [-0.2, 0) is 18.4 Å². The smallest absolute Gasteiger partial charge is 0.278 e. The molecule has 0 fully saturated rings. The Morgan fingerprint density at radius 1 is 1.22 bits per heavy atom. The van der Waals surface area contributed by atoms with Crippen molar-refractivity contribution in [3.8, 4) is 0 Å². The first-order chi connectivity index (χ1) is 12.7. The van der Waals surface area contributed by atoms with Crippen LogP contribution in [0.3, 0.4) is 0 Å². The molecule has 7 nitrogen and oxygen atoms in total. The highest BCUT2D eigenvalue weighted by Crippen LogP contribution is 2.18. The topological polar surface area (TPSA) is 81.8 Å². The van der Waals surface area contributed by atoms with Crippen molar-refractivity contribution < 1.29 is 9.18 Å². The van der Waals surface area contributed by atoms with E-state index in [1.54, 1.807) is 51.6 Å². The lowest BCUT2D eigenvalue weighted by Gasteiger charge is -2.16. The van der Waals surface area contributed by atoms with Gasteiger partial charge in [-0.05, 0) is 39.3 Å². The molecule has 1 aromatic carbocycles. The molecule has 0 radical (unpaired) electrons. The molecule has 0 aliphatic carbocycles. The zero-order valence-corrected chi connectivity index (χ0v) is 16.0. The molecule has 8 heteroatoms. The van der Waals surface area contributed by atoms with E-state index in [4.69, 9.17) is 0 Å². The average Bonchev–Trinajstić information content (AvgIpc) is 2.87. The molecular formula is C19H22FN5O2. The molecule has 3 aromatic rings. The van der Waals surface area contributed by atoms with Gasteiger partial charge < -0.3 is 5.32 Å². The van der Waals surface area contributed by atoms with E-state index in [1.807, 2.05) is 0 Å². The van der Waals surface area contributed by atoms with Gasteiger partial charge in [0.25, 0.3) is 5.56 Å². The highest BCUT2D eigenvalue weighted by molar-refractivity contribution is 5.83. The fraction of sp³-hybridized carbons (Fsp3) is 0.368. The van der Waals surface area contributed by atoms with Gasteiger partial charge in [-0.1, -0.05) is 12.1 Å². The number of benzene rings is 1. The Kier molecular flexibility index (Phi) is 4.82. The second kappa shape index (κ2) is 6.94. The molecule has 3 rings (SSSR count). The lowest BCUT2D eigenvalue weighted by Crippen LogP contribution is -2.35. The van der Waals surface area contributed by atoms with Gasteiger partial charge in [0.05, 0.1) is 28.3 Å². The Bertz CT molecular complexity index is 1100. The van der Waals surface area contributed by atoms with Gasteiger partial charge in [-0.25, -0.2) is 9.07 Å². The summed E-state index contributed by atoms with van der Waals surface area (Å²) in [6.45, 7) is 6.76. The Morgan fingerprint density at radius 3 is 2.59 bits per heavy atom. The second-order valence-electron chi connectivity index (χ2n) is 6.80. The minimum Gasteiger partial charge on any atom is -0.348 e. The molecule has 0 aliphatic heterocycles. The maximum Gasteiger partial charge on any atom is 0.278 e. The van der Waals surface area contributed by atoms with Crippen LogP contribution in [0.5, 0.6) is 0 Å². The number of aryl methyl sites for hydroxylation is 4. The van der Waals surface area contributed by atoms with Crippen LogP contribution < -0.4 is 10.9 Å². The van der Waals surface area contributed by atoms with Crippen LogP contribution in [0.4, 0.5) is 4.39 Å². The third kappa shape index (κ3) is 3.47. The predicted molar refractivity (Wildman–Crippen MR) is 99.9 cm³/mol. The second-order valence-corrected chi connectivity index (χ2v) is 6.80. The van der Waals surface area contributed by atoms with Crippen LogP contribution in [0.1, 0.15) is 35.5 Å². The zero-order valence-electron chi connectivity index (χ0n) is 16.0. The maximum absolute atomic E-state index is 14.1. The van der Waals surface area contributed by atoms with E-state index in [-0.39, 0.29) is 17.9 Å². The highest BCUT2D eigenvalue weighted by Gasteiger charge is 2.18. The summed E-state index contributed by atoms with van der Waals surface area (Å²) in [5.41, 5.74) is 2.69. The lowest BCUT2D eigenvalue weighted by atomic mass is 10.1. The molecule has 1 amide bonds. The van der Waals surface area contributed by atoms with Gasteiger partial charge >= 0.3 is 0 Å². The summed E-state index contributed by atoms with van der Waals surface area (Å²) in [5, 5.41) is 11.7. The van der Waals surface area contributed by atoms with Gasteiger partial charge in [-0.3, -0.25) is 14.3 Å². The van der Waals surface area contributed by atoms with E-state index in [2.05, 4.69) is 15.5 Å². The van der Waals surface area contributed by atoms with E-state index in [0.717, 1.165) is 10.2 Å². The third-order valence-corrected chi connectivity index (χ3v) is 4.58. The van der Waals surface area contributed by atoms with E-state index in [1.165, 1.54) is 6.07 Å². The van der Waals surface area contributed by atoms with Gasteiger partial charge in [0.1, 0.15) is 12.4 Å². The van der Waals surface area contributed by atoms with Crippen LogP contribution in [0.15, 0.2) is 23.0 Å². The molecular weight excluding hydrogens is 349 g/mol. The van der Waals surface area contributed by atoms with Crippen LogP contribution in [0.2, 0.25) is 0 Å². The van der Waals surface area contributed by atoms with Crippen molar-refractivity contribution in [2.75, 3.05) is 0 Å². The van der Waals surface area contributed by atoms with Gasteiger partial charge in [0, 0.05) is 12.6 Å².